The molecule has 2 aromatic heterocycles. The smallest absolute Gasteiger partial charge is 0.227 e. The van der Waals surface area contributed by atoms with Crippen LogP contribution in [0.5, 0.6) is 0 Å². The van der Waals surface area contributed by atoms with Crippen LogP contribution in [-0.4, -0.2) is 39.2 Å². The maximum atomic E-state index is 5.42. The Kier molecular flexibility index (Phi) is 3.73. The van der Waals surface area contributed by atoms with Crippen LogP contribution in [-0.2, 0) is 12.8 Å². The van der Waals surface area contributed by atoms with E-state index in [0.717, 1.165) is 42.8 Å². The van der Waals surface area contributed by atoms with Crippen molar-refractivity contribution in [3.05, 3.63) is 28.3 Å². The monoisotopic (exact) mass is 304 g/mol. The second-order valence-corrected chi connectivity index (χ2v) is 6.82. The summed E-state index contributed by atoms with van der Waals surface area (Å²) in [4.78, 5) is 11.5. The molecule has 0 N–H and O–H groups in total. The van der Waals surface area contributed by atoms with Crippen molar-refractivity contribution in [1.82, 2.24) is 20.0 Å². The van der Waals surface area contributed by atoms with Gasteiger partial charge in [-0.25, -0.2) is 4.98 Å². The number of nitrogens with zero attached hydrogens (tertiary/aromatic N) is 4. The Bertz CT molecular complexity index is 568. The standard InChI is InChI=1S/C15H20N4OS/c1-2-6-19-8-11(7-13(19)3-1)15-17-14(20-18-15)5-4-12-9-21-10-16-12/h9-11,13H,1-8H2/t11-,13-/m0/s1. The molecule has 4 heterocycles. The molecule has 2 atom stereocenters. The van der Waals surface area contributed by atoms with E-state index in [-0.39, 0.29) is 0 Å². The second kappa shape index (κ2) is 5.85. The molecule has 2 fully saturated rings. The third-order valence-corrected chi connectivity index (χ3v) is 5.32. The number of aryl methyl sites for hydroxylation is 2. The molecule has 0 radical (unpaired) electrons. The lowest BCUT2D eigenvalue weighted by Gasteiger charge is -2.28. The summed E-state index contributed by atoms with van der Waals surface area (Å²) in [5.74, 6) is 2.13. The molecule has 2 saturated heterocycles. The lowest BCUT2D eigenvalue weighted by Crippen LogP contribution is -2.33. The van der Waals surface area contributed by atoms with Gasteiger partial charge in [0.05, 0.1) is 11.2 Å². The molecular formula is C15H20N4OS. The van der Waals surface area contributed by atoms with Gasteiger partial charge < -0.3 is 4.52 Å². The fourth-order valence-corrected chi connectivity index (χ4v) is 4.16. The van der Waals surface area contributed by atoms with Crippen LogP contribution in [0.4, 0.5) is 0 Å². The van der Waals surface area contributed by atoms with Gasteiger partial charge in [-0.2, -0.15) is 4.98 Å². The van der Waals surface area contributed by atoms with Crippen LogP contribution < -0.4 is 0 Å². The zero-order valence-electron chi connectivity index (χ0n) is 12.1. The van der Waals surface area contributed by atoms with E-state index in [4.69, 9.17) is 4.52 Å². The van der Waals surface area contributed by atoms with Crippen molar-refractivity contribution in [1.29, 1.82) is 0 Å². The van der Waals surface area contributed by atoms with E-state index in [0.29, 0.717) is 5.92 Å². The molecule has 4 rings (SSSR count). The summed E-state index contributed by atoms with van der Waals surface area (Å²) in [5.41, 5.74) is 2.97. The van der Waals surface area contributed by atoms with Gasteiger partial charge in [-0.05, 0) is 32.2 Å². The van der Waals surface area contributed by atoms with Crippen LogP contribution >= 0.6 is 11.3 Å². The van der Waals surface area contributed by atoms with Gasteiger partial charge in [0, 0.05) is 30.3 Å². The number of fused-ring (bicyclic) bond motifs is 1. The Morgan fingerprint density at radius 2 is 2.33 bits per heavy atom. The first-order valence-corrected chi connectivity index (χ1v) is 8.76. The zero-order valence-corrected chi connectivity index (χ0v) is 12.9. The summed E-state index contributed by atoms with van der Waals surface area (Å²) >= 11 is 1.63. The van der Waals surface area contributed by atoms with E-state index >= 15 is 0 Å². The number of aromatic nitrogens is 3. The first kappa shape index (κ1) is 13.4. The summed E-state index contributed by atoms with van der Waals surface area (Å²) in [6, 6.07) is 0.751. The minimum atomic E-state index is 0.463. The highest BCUT2D eigenvalue weighted by molar-refractivity contribution is 7.07. The molecule has 5 nitrogen and oxygen atoms in total. The fraction of sp³-hybridized carbons (Fsp3) is 0.667. The maximum absolute atomic E-state index is 5.42. The molecule has 0 bridgehead atoms. The van der Waals surface area contributed by atoms with E-state index in [1.165, 1.54) is 32.2 Å². The average molecular weight is 304 g/mol. The van der Waals surface area contributed by atoms with Crippen molar-refractivity contribution in [3.63, 3.8) is 0 Å². The number of hydrogen-bond donors (Lipinski definition) is 0. The zero-order chi connectivity index (χ0) is 14.1. The van der Waals surface area contributed by atoms with Crippen molar-refractivity contribution in [2.75, 3.05) is 13.1 Å². The number of hydrogen-bond acceptors (Lipinski definition) is 6. The SMILES string of the molecule is c1nc(CCc2nc([C@H]3C[C@@H]4CCCCN4C3)no2)cs1. The predicted octanol–water partition coefficient (Wildman–Crippen LogP) is 2.65. The summed E-state index contributed by atoms with van der Waals surface area (Å²) in [6.45, 7) is 2.35. The Morgan fingerprint density at radius 1 is 1.33 bits per heavy atom. The number of piperidine rings is 1. The van der Waals surface area contributed by atoms with Gasteiger partial charge in [-0.1, -0.05) is 11.6 Å². The van der Waals surface area contributed by atoms with Gasteiger partial charge in [-0.15, -0.1) is 11.3 Å². The van der Waals surface area contributed by atoms with E-state index < -0.39 is 0 Å². The maximum Gasteiger partial charge on any atom is 0.227 e. The van der Waals surface area contributed by atoms with Crippen LogP contribution in [0.3, 0.4) is 0 Å². The lowest BCUT2D eigenvalue weighted by atomic mass is 9.99. The highest BCUT2D eigenvalue weighted by Gasteiger charge is 2.36. The number of rotatable bonds is 4. The first-order valence-electron chi connectivity index (χ1n) is 7.82. The van der Waals surface area contributed by atoms with Gasteiger partial charge in [0.15, 0.2) is 5.82 Å². The second-order valence-electron chi connectivity index (χ2n) is 6.10. The number of thiazole rings is 1. The average Bonchev–Trinajstić information content (AvgIpc) is 3.24. The third-order valence-electron chi connectivity index (χ3n) is 4.69. The third kappa shape index (κ3) is 2.87. The molecule has 2 aliphatic rings. The van der Waals surface area contributed by atoms with Crippen molar-refractivity contribution >= 4 is 11.3 Å². The Hall–Kier alpha value is -1.27. The first-order chi connectivity index (χ1) is 10.4. The largest absolute Gasteiger partial charge is 0.339 e. The van der Waals surface area contributed by atoms with E-state index in [1.54, 1.807) is 11.3 Å². The molecule has 0 aliphatic carbocycles. The molecule has 0 aromatic carbocycles. The predicted molar refractivity (Wildman–Crippen MR) is 80.4 cm³/mol. The van der Waals surface area contributed by atoms with Gasteiger partial charge in [0.25, 0.3) is 0 Å². The molecule has 2 aliphatic heterocycles. The summed E-state index contributed by atoms with van der Waals surface area (Å²) in [5, 5.41) is 6.30. The van der Waals surface area contributed by atoms with E-state index in [1.807, 2.05) is 5.51 Å². The lowest BCUT2D eigenvalue weighted by molar-refractivity contribution is 0.197. The van der Waals surface area contributed by atoms with Crippen molar-refractivity contribution in [2.45, 2.75) is 50.5 Å². The van der Waals surface area contributed by atoms with Gasteiger partial charge >= 0.3 is 0 Å². The highest BCUT2D eigenvalue weighted by Crippen LogP contribution is 2.35. The van der Waals surface area contributed by atoms with E-state index in [9.17, 15) is 0 Å². The minimum absolute atomic E-state index is 0.463. The molecule has 2 aromatic rings. The van der Waals surface area contributed by atoms with Crippen molar-refractivity contribution in [2.24, 2.45) is 0 Å². The molecule has 0 spiro atoms. The van der Waals surface area contributed by atoms with Crippen LogP contribution in [0.15, 0.2) is 15.4 Å². The van der Waals surface area contributed by atoms with Gasteiger partial charge in [-0.3, -0.25) is 4.90 Å². The van der Waals surface area contributed by atoms with Crippen LogP contribution in [0.2, 0.25) is 0 Å². The summed E-state index contributed by atoms with van der Waals surface area (Å²) < 4.78 is 5.42. The van der Waals surface area contributed by atoms with Crippen LogP contribution in [0.1, 0.15) is 49.0 Å². The van der Waals surface area contributed by atoms with Gasteiger partial charge in [0.2, 0.25) is 5.89 Å². The van der Waals surface area contributed by atoms with E-state index in [2.05, 4.69) is 25.4 Å². The Morgan fingerprint density at radius 3 is 3.19 bits per heavy atom. The minimum Gasteiger partial charge on any atom is -0.339 e. The normalized spacial score (nSPS) is 26.1. The molecule has 0 amide bonds. The van der Waals surface area contributed by atoms with Crippen molar-refractivity contribution in [3.8, 4) is 0 Å². The molecule has 6 heteroatoms. The summed E-state index contributed by atoms with van der Waals surface area (Å²) in [7, 11) is 0. The Labute approximate surface area is 128 Å². The molecule has 112 valence electrons. The molecule has 21 heavy (non-hydrogen) atoms. The van der Waals surface area contributed by atoms with Crippen LogP contribution in [0, 0.1) is 0 Å². The molecule has 0 unspecified atom stereocenters. The molecular weight excluding hydrogens is 284 g/mol. The summed E-state index contributed by atoms with van der Waals surface area (Å²) in [6.07, 6.45) is 6.92. The van der Waals surface area contributed by atoms with Crippen molar-refractivity contribution < 1.29 is 4.52 Å². The van der Waals surface area contributed by atoms with Gasteiger partial charge in [0.1, 0.15) is 0 Å². The Balaban J connectivity index is 1.38. The quantitative estimate of drug-likeness (QED) is 0.869. The molecule has 0 saturated carbocycles. The van der Waals surface area contributed by atoms with Crippen LogP contribution in [0.25, 0.3) is 0 Å². The fourth-order valence-electron chi connectivity index (χ4n) is 3.57. The highest BCUT2D eigenvalue weighted by atomic mass is 32.1. The topological polar surface area (TPSA) is 55.1 Å².